The van der Waals surface area contributed by atoms with Gasteiger partial charge in [-0.2, -0.15) is 0 Å². The summed E-state index contributed by atoms with van der Waals surface area (Å²) in [7, 11) is 0. The van der Waals surface area contributed by atoms with Crippen LogP contribution >= 0.6 is 22.9 Å². The molecule has 0 bridgehead atoms. The van der Waals surface area contributed by atoms with Gasteiger partial charge in [-0.05, 0) is 43.2 Å². The minimum absolute atomic E-state index is 0.197. The van der Waals surface area contributed by atoms with Crippen molar-refractivity contribution in [1.82, 2.24) is 14.9 Å². The molecule has 1 N–H and O–H groups in total. The molecular weight excluding hydrogens is 460 g/mol. The number of fused-ring (bicyclic) bond motifs is 1. The standard InChI is InChI=1S/C24H19ClN4O3S/c25-16-6-1-3-9-19(16)32-21-14-15(11-12-26-21)27-22(30)24(31)29-13-5-8-18(29)23-28-17-7-2-4-10-20(17)33-23/h1-4,6-7,9-12,14,18H,5,8,13H2,(H,26,27,30). The summed E-state index contributed by atoms with van der Waals surface area (Å²) < 4.78 is 6.77. The number of hydrogen-bond donors (Lipinski definition) is 1. The molecule has 33 heavy (non-hydrogen) atoms. The van der Waals surface area contributed by atoms with E-state index in [-0.39, 0.29) is 11.9 Å². The van der Waals surface area contributed by atoms with Crippen LogP contribution in [0.4, 0.5) is 5.69 Å². The third-order valence-electron chi connectivity index (χ3n) is 5.35. The van der Waals surface area contributed by atoms with Crippen molar-refractivity contribution in [3.63, 3.8) is 0 Å². The van der Waals surface area contributed by atoms with Crippen molar-refractivity contribution in [3.05, 3.63) is 76.9 Å². The number of carbonyl (C=O) groups excluding carboxylic acids is 2. The Bertz CT molecular complexity index is 1310. The Morgan fingerprint density at radius 2 is 1.94 bits per heavy atom. The van der Waals surface area contributed by atoms with Crippen LogP contribution in [0.3, 0.4) is 0 Å². The van der Waals surface area contributed by atoms with Crippen LogP contribution in [0.15, 0.2) is 66.9 Å². The number of amides is 2. The molecule has 0 aliphatic carbocycles. The van der Waals surface area contributed by atoms with Gasteiger partial charge in [0.1, 0.15) is 10.8 Å². The fraction of sp³-hybridized carbons (Fsp3) is 0.167. The van der Waals surface area contributed by atoms with Crippen LogP contribution in [0.25, 0.3) is 10.2 Å². The number of nitrogens with zero attached hydrogens (tertiary/aromatic N) is 3. The van der Waals surface area contributed by atoms with Crippen LogP contribution in [-0.4, -0.2) is 33.2 Å². The van der Waals surface area contributed by atoms with Gasteiger partial charge in [0.2, 0.25) is 5.88 Å². The van der Waals surface area contributed by atoms with Crippen molar-refractivity contribution in [2.24, 2.45) is 0 Å². The molecule has 2 aromatic carbocycles. The highest BCUT2D eigenvalue weighted by Gasteiger charge is 2.35. The zero-order valence-corrected chi connectivity index (χ0v) is 19.0. The first-order valence-electron chi connectivity index (χ1n) is 10.4. The molecule has 9 heteroatoms. The zero-order valence-electron chi connectivity index (χ0n) is 17.4. The number of halogens is 1. The van der Waals surface area contributed by atoms with Crippen LogP contribution in [0.5, 0.6) is 11.6 Å². The maximum Gasteiger partial charge on any atom is 0.313 e. The summed E-state index contributed by atoms with van der Waals surface area (Å²) in [5.74, 6) is -0.594. The lowest BCUT2D eigenvalue weighted by molar-refractivity contribution is -0.143. The predicted molar refractivity (Wildman–Crippen MR) is 128 cm³/mol. The van der Waals surface area contributed by atoms with E-state index in [1.54, 1.807) is 52.6 Å². The van der Waals surface area contributed by atoms with Crippen LogP contribution in [-0.2, 0) is 9.59 Å². The molecule has 1 aliphatic heterocycles. The largest absolute Gasteiger partial charge is 0.437 e. The van der Waals surface area contributed by atoms with E-state index in [1.165, 1.54) is 6.20 Å². The fourth-order valence-corrected chi connectivity index (χ4v) is 5.09. The lowest BCUT2D eigenvalue weighted by Crippen LogP contribution is -2.39. The Morgan fingerprint density at radius 1 is 1.12 bits per heavy atom. The van der Waals surface area contributed by atoms with Gasteiger partial charge >= 0.3 is 11.8 Å². The topological polar surface area (TPSA) is 84.4 Å². The smallest absolute Gasteiger partial charge is 0.313 e. The van der Waals surface area contributed by atoms with Gasteiger partial charge in [-0.1, -0.05) is 35.9 Å². The Balaban J connectivity index is 1.29. The number of hydrogen-bond acceptors (Lipinski definition) is 6. The molecule has 1 saturated heterocycles. The van der Waals surface area contributed by atoms with Crippen LogP contribution in [0.2, 0.25) is 5.02 Å². The number of carbonyl (C=O) groups is 2. The average Bonchev–Trinajstić information content (AvgIpc) is 3.47. The van der Waals surface area contributed by atoms with Gasteiger partial charge in [0.25, 0.3) is 0 Å². The van der Waals surface area contributed by atoms with E-state index in [0.29, 0.717) is 23.0 Å². The van der Waals surface area contributed by atoms with Gasteiger partial charge < -0.3 is 15.0 Å². The molecule has 3 heterocycles. The Morgan fingerprint density at radius 3 is 2.79 bits per heavy atom. The van der Waals surface area contributed by atoms with Gasteiger partial charge in [-0.3, -0.25) is 9.59 Å². The minimum Gasteiger partial charge on any atom is -0.437 e. The minimum atomic E-state index is -0.710. The first kappa shape index (κ1) is 21.4. The number of anilines is 1. The Hall–Kier alpha value is -3.49. The van der Waals surface area contributed by atoms with Gasteiger partial charge in [0.05, 0.1) is 21.3 Å². The van der Waals surface area contributed by atoms with Crippen LogP contribution < -0.4 is 10.1 Å². The predicted octanol–water partition coefficient (Wildman–Crippen LogP) is 5.44. The fourth-order valence-electron chi connectivity index (χ4n) is 3.80. The number of likely N-dealkylation sites (tertiary alicyclic amines) is 1. The molecular formula is C24H19ClN4O3S. The number of thiazole rings is 1. The number of aromatic nitrogens is 2. The molecule has 4 aromatic rings. The van der Waals surface area contributed by atoms with E-state index in [9.17, 15) is 9.59 Å². The Labute approximate surface area is 199 Å². The highest BCUT2D eigenvalue weighted by molar-refractivity contribution is 7.18. The van der Waals surface area contributed by atoms with E-state index in [2.05, 4.69) is 15.3 Å². The Kier molecular flexibility index (Phi) is 5.93. The number of para-hydroxylation sites is 2. The van der Waals surface area contributed by atoms with Gasteiger partial charge in [-0.25, -0.2) is 9.97 Å². The molecule has 0 spiro atoms. The van der Waals surface area contributed by atoms with E-state index in [1.807, 2.05) is 24.3 Å². The lowest BCUT2D eigenvalue weighted by Gasteiger charge is -2.22. The monoisotopic (exact) mass is 478 g/mol. The van der Waals surface area contributed by atoms with Crippen LogP contribution in [0.1, 0.15) is 23.9 Å². The average molecular weight is 479 g/mol. The molecule has 0 radical (unpaired) electrons. The zero-order chi connectivity index (χ0) is 22.8. The van der Waals surface area contributed by atoms with Gasteiger partial charge in [0.15, 0.2) is 0 Å². The number of pyridine rings is 1. The summed E-state index contributed by atoms with van der Waals surface area (Å²) in [4.78, 5) is 36.2. The van der Waals surface area contributed by atoms with E-state index in [0.717, 1.165) is 28.1 Å². The summed E-state index contributed by atoms with van der Waals surface area (Å²) in [5.41, 5.74) is 1.31. The van der Waals surface area contributed by atoms with Gasteiger partial charge in [0, 0.05) is 24.5 Å². The highest BCUT2D eigenvalue weighted by Crippen LogP contribution is 2.36. The normalized spacial score (nSPS) is 15.5. The van der Waals surface area contributed by atoms with E-state index < -0.39 is 11.8 Å². The summed E-state index contributed by atoms with van der Waals surface area (Å²) in [6, 6.07) is 17.8. The molecule has 5 rings (SSSR count). The third-order valence-corrected chi connectivity index (χ3v) is 6.80. The summed E-state index contributed by atoms with van der Waals surface area (Å²) in [5, 5.41) is 3.96. The maximum atomic E-state index is 13.0. The number of rotatable bonds is 4. The second-order valence-corrected chi connectivity index (χ2v) is 9.02. The highest BCUT2D eigenvalue weighted by atomic mass is 35.5. The quantitative estimate of drug-likeness (QED) is 0.395. The number of nitrogens with one attached hydrogen (secondary N) is 1. The van der Waals surface area contributed by atoms with Crippen molar-refractivity contribution in [1.29, 1.82) is 0 Å². The second-order valence-electron chi connectivity index (χ2n) is 7.55. The first-order chi connectivity index (χ1) is 16.1. The van der Waals surface area contributed by atoms with E-state index >= 15 is 0 Å². The molecule has 7 nitrogen and oxygen atoms in total. The first-order valence-corrected chi connectivity index (χ1v) is 11.6. The summed E-state index contributed by atoms with van der Waals surface area (Å²) >= 11 is 7.69. The lowest BCUT2D eigenvalue weighted by atomic mass is 10.2. The van der Waals surface area contributed by atoms with Gasteiger partial charge in [-0.15, -0.1) is 11.3 Å². The summed E-state index contributed by atoms with van der Waals surface area (Å²) in [6.07, 6.45) is 3.10. The van der Waals surface area contributed by atoms with Crippen molar-refractivity contribution in [3.8, 4) is 11.6 Å². The molecule has 1 atom stereocenters. The second kappa shape index (κ2) is 9.17. The number of ether oxygens (including phenoxy) is 1. The van der Waals surface area contributed by atoms with E-state index in [4.69, 9.17) is 16.3 Å². The van der Waals surface area contributed by atoms with Crippen molar-refractivity contribution in [2.45, 2.75) is 18.9 Å². The molecule has 166 valence electrons. The number of benzene rings is 2. The molecule has 1 aliphatic rings. The van der Waals surface area contributed by atoms with Crippen molar-refractivity contribution < 1.29 is 14.3 Å². The molecule has 1 fully saturated rings. The van der Waals surface area contributed by atoms with Crippen molar-refractivity contribution in [2.75, 3.05) is 11.9 Å². The summed E-state index contributed by atoms with van der Waals surface area (Å²) in [6.45, 7) is 0.518. The maximum absolute atomic E-state index is 13.0. The molecule has 1 unspecified atom stereocenters. The molecule has 0 saturated carbocycles. The molecule has 2 amide bonds. The van der Waals surface area contributed by atoms with Crippen molar-refractivity contribution >= 4 is 50.7 Å². The third kappa shape index (κ3) is 4.53. The molecule has 2 aromatic heterocycles. The SMILES string of the molecule is O=C(Nc1ccnc(Oc2ccccc2Cl)c1)C(=O)N1CCCC1c1nc2ccccc2s1. The van der Waals surface area contributed by atoms with Crippen LogP contribution in [0, 0.1) is 0 Å².